The fourth-order valence-electron chi connectivity index (χ4n) is 2.53. The number of halogens is 5. The predicted octanol–water partition coefficient (Wildman–Crippen LogP) is 4.68. The van der Waals surface area contributed by atoms with Gasteiger partial charge in [0, 0.05) is 25.2 Å². The van der Waals surface area contributed by atoms with Gasteiger partial charge in [0.25, 0.3) is 0 Å². The molecular weight excluding hydrogens is 468 g/mol. The van der Waals surface area contributed by atoms with Crippen LogP contribution in [0.2, 0.25) is 10.0 Å². The molecule has 158 valence electrons. The second-order valence-electron chi connectivity index (χ2n) is 6.11. The lowest BCUT2D eigenvalue weighted by molar-refractivity contribution is -0.138. The van der Waals surface area contributed by atoms with Crippen LogP contribution in [0.5, 0.6) is 11.5 Å². The zero-order valence-electron chi connectivity index (χ0n) is 15.2. The van der Waals surface area contributed by atoms with Crippen LogP contribution in [-0.4, -0.2) is 35.8 Å². The summed E-state index contributed by atoms with van der Waals surface area (Å²) in [6, 6.07) is 6.94. The third-order valence-electron chi connectivity index (χ3n) is 3.93. The number of aromatic nitrogens is 2. The summed E-state index contributed by atoms with van der Waals surface area (Å²) in [4.78, 5) is 3.73. The van der Waals surface area contributed by atoms with Gasteiger partial charge in [0.2, 0.25) is 5.82 Å². The standard InChI is InChI=1S/C17H11Cl2F3N4O3S/c1-25(2)30(27,28)26-13-7-15(29-14-4-3-9(18)5-11(14)19)10(17(20,21)22)6-12(13)24-16(26)8-23/h3-7H,1-2H3. The van der Waals surface area contributed by atoms with E-state index in [4.69, 9.17) is 27.9 Å². The summed E-state index contributed by atoms with van der Waals surface area (Å²) in [6.07, 6.45) is -4.86. The zero-order chi connectivity index (χ0) is 22.4. The van der Waals surface area contributed by atoms with Crippen LogP contribution in [0, 0.1) is 11.3 Å². The van der Waals surface area contributed by atoms with Gasteiger partial charge < -0.3 is 4.74 Å². The highest BCUT2D eigenvalue weighted by Gasteiger charge is 2.37. The Hall–Kier alpha value is -2.52. The van der Waals surface area contributed by atoms with Crippen molar-refractivity contribution in [1.82, 2.24) is 13.3 Å². The lowest BCUT2D eigenvalue weighted by atomic mass is 10.1. The van der Waals surface area contributed by atoms with E-state index in [1.807, 2.05) is 0 Å². The van der Waals surface area contributed by atoms with Crippen molar-refractivity contribution in [2.24, 2.45) is 0 Å². The van der Waals surface area contributed by atoms with E-state index in [1.165, 1.54) is 32.3 Å². The zero-order valence-corrected chi connectivity index (χ0v) is 17.5. The molecule has 3 aromatic rings. The Kier molecular flexibility index (Phi) is 5.64. The topological polar surface area (TPSA) is 88.2 Å². The number of nitrogens with zero attached hydrogens (tertiary/aromatic N) is 4. The summed E-state index contributed by atoms with van der Waals surface area (Å²) >= 11 is 11.8. The minimum atomic E-state index is -4.86. The van der Waals surface area contributed by atoms with Gasteiger partial charge in [-0.05, 0) is 24.3 Å². The van der Waals surface area contributed by atoms with Crippen LogP contribution >= 0.6 is 23.2 Å². The molecule has 0 N–H and O–H groups in total. The summed E-state index contributed by atoms with van der Waals surface area (Å²) in [6.45, 7) is 0. The second-order valence-corrected chi connectivity index (χ2v) is 8.95. The number of imidazole rings is 1. The van der Waals surface area contributed by atoms with E-state index in [0.29, 0.717) is 10.0 Å². The molecule has 30 heavy (non-hydrogen) atoms. The first-order valence-electron chi connectivity index (χ1n) is 7.96. The molecule has 13 heteroatoms. The first kappa shape index (κ1) is 22.2. The Morgan fingerprint density at radius 2 is 1.83 bits per heavy atom. The number of alkyl halides is 3. The maximum absolute atomic E-state index is 13.6. The van der Waals surface area contributed by atoms with Gasteiger partial charge in [-0.3, -0.25) is 0 Å². The summed E-state index contributed by atoms with van der Waals surface area (Å²) < 4.78 is 72.9. The van der Waals surface area contributed by atoms with Crippen molar-refractivity contribution in [3.8, 4) is 17.6 Å². The molecule has 0 radical (unpaired) electrons. The lowest BCUT2D eigenvalue weighted by Gasteiger charge is -2.16. The molecule has 0 atom stereocenters. The summed E-state index contributed by atoms with van der Waals surface area (Å²) in [7, 11) is -1.86. The molecule has 0 unspecified atom stereocenters. The average Bonchev–Trinajstić information content (AvgIpc) is 3.00. The Morgan fingerprint density at radius 1 is 1.17 bits per heavy atom. The van der Waals surface area contributed by atoms with E-state index in [2.05, 4.69) is 4.98 Å². The van der Waals surface area contributed by atoms with Crippen molar-refractivity contribution in [2.75, 3.05) is 14.1 Å². The Bertz CT molecular complexity index is 1300. The van der Waals surface area contributed by atoms with Crippen molar-refractivity contribution >= 4 is 44.4 Å². The number of hydrogen-bond acceptors (Lipinski definition) is 5. The Labute approximate surface area is 179 Å². The molecule has 0 saturated carbocycles. The van der Waals surface area contributed by atoms with Crippen molar-refractivity contribution in [3.63, 3.8) is 0 Å². The molecule has 7 nitrogen and oxygen atoms in total. The first-order chi connectivity index (χ1) is 13.9. The molecule has 1 aromatic heterocycles. The van der Waals surface area contributed by atoms with E-state index in [-0.39, 0.29) is 26.8 Å². The molecule has 1 heterocycles. The van der Waals surface area contributed by atoms with Gasteiger partial charge in [-0.1, -0.05) is 23.2 Å². The molecule has 0 fully saturated rings. The maximum Gasteiger partial charge on any atom is 0.420 e. The highest BCUT2D eigenvalue weighted by atomic mass is 35.5. The monoisotopic (exact) mass is 478 g/mol. The number of nitriles is 1. The van der Waals surface area contributed by atoms with Gasteiger partial charge in [-0.2, -0.15) is 35.1 Å². The number of benzene rings is 2. The van der Waals surface area contributed by atoms with Crippen molar-refractivity contribution in [2.45, 2.75) is 6.18 Å². The van der Waals surface area contributed by atoms with Crippen LogP contribution in [-0.2, 0) is 16.4 Å². The minimum Gasteiger partial charge on any atom is -0.455 e. The molecular formula is C17H11Cl2F3N4O3S. The third kappa shape index (κ3) is 3.91. The van der Waals surface area contributed by atoms with Gasteiger partial charge in [0.05, 0.1) is 16.1 Å². The van der Waals surface area contributed by atoms with E-state index in [9.17, 15) is 26.9 Å². The first-order valence-corrected chi connectivity index (χ1v) is 10.1. The third-order valence-corrected chi connectivity index (χ3v) is 6.21. The molecule has 0 aliphatic carbocycles. The predicted molar refractivity (Wildman–Crippen MR) is 104 cm³/mol. The van der Waals surface area contributed by atoms with Gasteiger partial charge in [0.1, 0.15) is 23.1 Å². The van der Waals surface area contributed by atoms with Crippen molar-refractivity contribution < 1.29 is 26.3 Å². The normalized spacial score (nSPS) is 12.4. The van der Waals surface area contributed by atoms with Crippen LogP contribution in [0.3, 0.4) is 0 Å². The maximum atomic E-state index is 13.6. The molecule has 0 bridgehead atoms. The Morgan fingerprint density at radius 3 is 2.37 bits per heavy atom. The number of ether oxygens (including phenoxy) is 1. The number of rotatable bonds is 4. The molecule has 0 spiro atoms. The lowest BCUT2D eigenvalue weighted by Crippen LogP contribution is -2.29. The average molecular weight is 479 g/mol. The summed E-state index contributed by atoms with van der Waals surface area (Å²) in [5, 5.41) is 9.45. The fraction of sp³-hybridized carbons (Fsp3) is 0.176. The van der Waals surface area contributed by atoms with Gasteiger partial charge in [0.15, 0.2) is 0 Å². The molecule has 3 rings (SSSR count). The molecule has 0 amide bonds. The van der Waals surface area contributed by atoms with E-state index in [1.54, 1.807) is 6.07 Å². The van der Waals surface area contributed by atoms with Crippen molar-refractivity contribution in [3.05, 3.63) is 51.8 Å². The molecule has 0 aliphatic heterocycles. The van der Waals surface area contributed by atoms with E-state index in [0.717, 1.165) is 10.4 Å². The van der Waals surface area contributed by atoms with Crippen LogP contribution in [0.15, 0.2) is 30.3 Å². The molecule has 2 aromatic carbocycles. The van der Waals surface area contributed by atoms with Crippen LogP contribution < -0.4 is 4.74 Å². The highest BCUT2D eigenvalue weighted by molar-refractivity contribution is 7.87. The molecule has 0 aliphatic rings. The van der Waals surface area contributed by atoms with Gasteiger partial charge in [-0.25, -0.2) is 4.98 Å². The van der Waals surface area contributed by atoms with E-state index >= 15 is 0 Å². The largest absolute Gasteiger partial charge is 0.455 e. The summed E-state index contributed by atoms with van der Waals surface area (Å²) in [5.74, 6) is -1.46. The van der Waals surface area contributed by atoms with Crippen molar-refractivity contribution in [1.29, 1.82) is 5.26 Å². The number of fused-ring (bicyclic) bond motifs is 1. The smallest absolute Gasteiger partial charge is 0.420 e. The van der Waals surface area contributed by atoms with Crippen LogP contribution in [0.4, 0.5) is 13.2 Å². The Balaban J connectivity index is 2.34. The van der Waals surface area contributed by atoms with Crippen LogP contribution in [0.25, 0.3) is 11.0 Å². The van der Waals surface area contributed by atoms with Gasteiger partial charge >= 0.3 is 16.4 Å². The van der Waals surface area contributed by atoms with Crippen LogP contribution in [0.1, 0.15) is 11.4 Å². The minimum absolute atomic E-state index is 0.0529. The fourth-order valence-corrected chi connectivity index (χ4v) is 4.00. The quantitative estimate of drug-likeness (QED) is 0.543. The highest BCUT2D eigenvalue weighted by Crippen LogP contribution is 2.42. The summed E-state index contributed by atoms with van der Waals surface area (Å²) in [5.41, 5.74) is -1.84. The van der Waals surface area contributed by atoms with Gasteiger partial charge in [-0.15, -0.1) is 0 Å². The second kappa shape index (κ2) is 7.63. The van der Waals surface area contributed by atoms with E-state index < -0.39 is 33.5 Å². The SMILES string of the molecule is CN(C)S(=O)(=O)n1c(C#N)nc2cc(C(F)(F)F)c(Oc3ccc(Cl)cc3Cl)cc21. The molecule has 0 saturated heterocycles. The number of hydrogen-bond donors (Lipinski definition) is 0.